The number of likely N-dealkylation sites (tertiary alicyclic amines) is 1. The third-order valence-corrected chi connectivity index (χ3v) is 8.04. The molecule has 0 spiro atoms. The van der Waals surface area contributed by atoms with Crippen molar-refractivity contribution in [2.45, 2.75) is 115 Å². The molecule has 1 aromatic heterocycles. The zero-order chi connectivity index (χ0) is 25.6. The molecule has 6 heteroatoms. The molecule has 3 rings (SSSR count). The van der Waals surface area contributed by atoms with Crippen molar-refractivity contribution in [3.8, 4) is 0 Å². The first kappa shape index (κ1) is 28.4. The highest BCUT2D eigenvalue weighted by Gasteiger charge is 2.31. The largest absolute Gasteiger partial charge is 0.411 e. The van der Waals surface area contributed by atoms with Crippen LogP contribution < -0.4 is 0 Å². The number of carbonyl (C=O) groups excluding carboxylic acids is 1. The van der Waals surface area contributed by atoms with Crippen LogP contribution in [0.25, 0.3) is 0 Å². The van der Waals surface area contributed by atoms with Gasteiger partial charge in [0.1, 0.15) is 0 Å². The summed E-state index contributed by atoms with van der Waals surface area (Å²) in [5.74, 6) is 0.892. The van der Waals surface area contributed by atoms with Crippen molar-refractivity contribution in [2.75, 3.05) is 6.54 Å². The molecule has 200 valence electrons. The lowest BCUT2D eigenvalue weighted by Gasteiger charge is -2.36. The van der Waals surface area contributed by atoms with E-state index in [-0.39, 0.29) is 24.0 Å². The summed E-state index contributed by atoms with van der Waals surface area (Å²) in [7, 11) is 0. The Morgan fingerprint density at radius 1 is 1.19 bits per heavy atom. The number of rotatable bonds is 14. The van der Waals surface area contributed by atoms with Gasteiger partial charge in [0, 0.05) is 31.3 Å². The molecule has 2 fully saturated rings. The number of amides is 1. The van der Waals surface area contributed by atoms with Crippen molar-refractivity contribution in [1.82, 2.24) is 9.88 Å². The SMILES string of the molecule is CCCCC[C@H](O)/C=C/[C@H]1CC/C(=N\O)[C@@H]1CCCCCCC(=O)N1CCCCC1c1cccnc1. The highest BCUT2D eigenvalue weighted by molar-refractivity contribution is 5.88. The highest BCUT2D eigenvalue weighted by Crippen LogP contribution is 2.35. The normalized spacial score (nSPS) is 24.6. The monoisotopic (exact) mass is 497 g/mol. The predicted molar refractivity (Wildman–Crippen MR) is 145 cm³/mol. The smallest absolute Gasteiger partial charge is 0.223 e. The number of allylic oxidation sites excluding steroid dienone is 1. The van der Waals surface area contributed by atoms with Crippen LogP contribution in [0.2, 0.25) is 0 Å². The van der Waals surface area contributed by atoms with Gasteiger partial charge in [-0.2, -0.15) is 0 Å². The molecule has 0 radical (unpaired) electrons. The number of carbonyl (C=O) groups is 1. The molecule has 1 saturated heterocycles. The third kappa shape index (κ3) is 8.72. The Labute approximate surface area is 217 Å². The third-order valence-electron chi connectivity index (χ3n) is 8.04. The van der Waals surface area contributed by atoms with E-state index < -0.39 is 0 Å². The van der Waals surface area contributed by atoms with Crippen molar-refractivity contribution in [3.05, 3.63) is 42.2 Å². The molecule has 1 aliphatic heterocycles. The average molecular weight is 498 g/mol. The zero-order valence-electron chi connectivity index (χ0n) is 22.2. The van der Waals surface area contributed by atoms with Gasteiger partial charge in [-0.05, 0) is 68.9 Å². The van der Waals surface area contributed by atoms with E-state index in [4.69, 9.17) is 0 Å². The topological polar surface area (TPSA) is 86.0 Å². The molecule has 0 aromatic carbocycles. The van der Waals surface area contributed by atoms with Gasteiger partial charge >= 0.3 is 0 Å². The summed E-state index contributed by atoms with van der Waals surface area (Å²) in [6.07, 6.45) is 22.5. The lowest BCUT2D eigenvalue weighted by molar-refractivity contribution is -0.135. The van der Waals surface area contributed by atoms with Crippen LogP contribution in [0, 0.1) is 11.8 Å². The molecule has 4 atom stereocenters. The Balaban J connectivity index is 1.38. The predicted octanol–water partition coefficient (Wildman–Crippen LogP) is 6.83. The maximum Gasteiger partial charge on any atom is 0.223 e. The molecular formula is C30H47N3O3. The number of pyridine rings is 1. The van der Waals surface area contributed by atoms with Gasteiger partial charge in [0.25, 0.3) is 0 Å². The molecule has 2 N–H and O–H groups in total. The van der Waals surface area contributed by atoms with Crippen molar-refractivity contribution >= 4 is 11.6 Å². The Morgan fingerprint density at radius 2 is 2.06 bits per heavy atom. The molecule has 0 bridgehead atoms. The summed E-state index contributed by atoms with van der Waals surface area (Å²) >= 11 is 0. The van der Waals surface area contributed by atoms with Gasteiger partial charge in [-0.25, -0.2) is 0 Å². The van der Waals surface area contributed by atoms with E-state index in [9.17, 15) is 15.1 Å². The van der Waals surface area contributed by atoms with Crippen LogP contribution >= 0.6 is 0 Å². The second-order valence-corrected chi connectivity index (χ2v) is 10.7. The molecule has 1 saturated carbocycles. The lowest BCUT2D eigenvalue weighted by atomic mass is 9.89. The standard InChI is InChI=1S/C30H47N3O3/c1-2-3-6-13-26(34)19-17-24-18-20-28(32-36)27(24)14-7-4-5-8-16-30(35)33-22-10-9-15-29(33)25-12-11-21-31-23-25/h11-12,17,19,21,23-24,26-27,29,34,36H,2-10,13-16,18,20,22H2,1H3/b19-17+,32-28+/t24-,26-,27+,29?/m0/s1. The molecule has 36 heavy (non-hydrogen) atoms. The molecule has 1 aliphatic carbocycles. The van der Waals surface area contributed by atoms with Crippen LogP contribution in [0.5, 0.6) is 0 Å². The first-order chi connectivity index (χ1) is 17.6. The van der Waals surface area contributed by atoms with Crippen molar-refractivity contribution < 1.29 is 15.1 Å². The second-order valence-electron chi connectivity index (χ2n) is 10.7. The van der Waals surface area contributed by atoms with E-state index in [0.29, 0.717) is 12.3 Å². The number of piperidine rings is 1. The Morgan fingerprint density at radius 3 is 2.83 bits per heavy atom. The summed E-state index contributed by atoms with van der Waals surface area (Å²) in [4.78, 5) is 19.3. The van der Waals surface area contributed by atoms with E-state index in [0.717, 1.165) is 108 Å². The number of hydrogen-bond donors (Lipinski definition) is 2. The summed E-state index contributed by atoms with van der Waals surface area (Å²) in [6.45, 7) is 3.03. The van der Waals surface area contributed by atoms with Crippen LogP contribution in [-0.2, 0) is 4.79 Å². The van der Waals surface area contributed by atoms with E-state index in [1.807, 2.05) is 18.3 Å². The van der Waals surface area contributed by atoms with Crippen molar-refractivity contribution in [2.24, 2.45) is 17.0 Å². The minimum atomic E-state index is -0.373. The van der Waals surface area contributed by atoms with E-state index in [1.54, 1.807) is 6.20 Å². The van der Waals surface area contributed by atoms with Crippen molar-refractivity contribution in [1.29, 1.82) is 0 Å². The minimum absolute atomic E-state index is 0.175. The number of aliphatic hydroxyl groups is 1. The van der Waals surface area contributed by atoms with Gasteiger partial charge in [-0.1, -0.05) is 68.8 Å². The summed E-state index contributed by atoms with van der Waals surface area (Å²) in [6, 6.07) is 4.22. The number of oxime groups is 1. The Kier molecular flexibility index (Phi) is 12.5. The van der Waals surface area contributed by atoms with E-state index in [2.05, 4.69) is 34.1 Å². The fourth-order valence-electron chi connectivity index (χ4n) is 5.94. The zero-order valence-corrected chi connectivity index (χ0v) is 22.2. The molecule has 1 amide bonds. The first-order valence-corrected chi connectivity index (χ1v) is 14.4. The number of aliphatic hydroxyl groups excluding tert-OH is 1. The second kappa shape index (κ2) is 15.8. The highest BCUT2D eigenvalue weighted by atomic mass is 16.4. The maximum atomic E-state index is 13.0. The number of unbranched alkanes of at least 4 members (excludes halogenated alkanes) is 5. The van der Waals surface area contributed by atoms with Crippen LogP contribution in [0.4, 0.5) is 0 Å². The van der Waals surface area contributed by atoms with Gasteiger partial charge in [0.15, 0.2) is 0 Å². The molecular weight excluding hydrogens is 450 g/mol. The number of aromatic nitrogens is 1. The maximum absolute atomic E-state index is 13.0. The lowest BCUT2D eigenvalue weighted by Crippen LogP contribution is -2.38. The van der Waals surface area contributed by atoms with Crippen LogP contribution in [0.3, 0.4) is 0 Å². The van der Waals surface area contributed by atoms with E-state index in [1.165, 1.54) is 0 Å². The summed E-state index contributed by atoms with van der Waals surface area (Å²) < 4.78 is 0. The molecule has 2 heterocycles. The van der Waals surface area contributed by atoms with Gasteiger partial charge in [0.2, 0.25) is 5.91 Å². The fraction of sp³-hybridized carbons (Fsp3) is 0.700. The molecule has 6 nitrogen and oxygen atoms in total. The fourth-order valence-corrected chi connectivity index (χ4v) is 5.94. The summed E-state index contributed by atoms with van der Waals surface area (Å²) in [5.41, 5.74) is 2.06. The van der Waals surface area contributed by atoms with Gasteiger partial charge in [0.05, 0.1) is 17.9 Å². The van der Waals surface area contributed by atoms with Crippen LogP contribution in [0.1, 0.15) is 115 Å². The minimum Gasteiger partial charge on any atom is -0.411 e. The number of hydrogen-bond acceptors (Lipinski definition) is 5. The van der Waals surface area contributed by atoms with Gasteiger partial charge < -0.3 is 15.2 Å². The van der Waals surface area contributed by atoms with Crippen molar-refractivity contribution in [3.63, 3.8) is 0 Å². The quantitative estimate of drug-likeness (QED) is 0.128. The van der Waals surface area contributed by atoms with Crippen LogP contribution in [0.15, 0.2) is 41.8 Å². The van der Waals surface area contributed by atoms with E-state index >= 15 is 0 Å². The Bertz CT molecular complexity index is 826. The molecule has 1 unspecified atom stereocenters. The average Bonchev–Trinajstić information content (AvgIpc) is 3.31. The Hall–Kier alpha value is -2.21. The molecule has 2 aliphatic rings. The van der Waals surface area contributed by atoms with Gasteiger partial charge in [-0.3, -0.25) is 9.78 Å². The number of nitrogens with zero attached hydrogens (tertiary/aromatic N) is 3. The summed E-state index contributed by atoms with van der Waals surface area (Å²) in [5, 5.41) is 23.3. The van der Waals surface area contributed by atoms with Gasteiger partial charge in [-0.15, -0.1) is 0 Å². The van der Waals surface area contributed by atoms with Crippen LogP contribution in [-0.4, -0.2) is 44.5 Å². The first-order valence-electron chi connectivity index (χ1n) is 14.4. The molecule has 1 aromatic rings.